The molecule has 5 amide bonds. The molecule has 1 atom stereocenters. The number of carbonyl (C=O) groups excluding carboxylic acids is 5. The lowest BCUT2D eigenvalue weighted by molar-refractivity contribution is -0.131. The molecule has 0 fully saturated rings. The van der Waals surface area contributed by atoms with Crippen LogP contribution in [0.15, 0.2) is 30.3 Å². The molecule has 0 saturated carbocycles. The summed E-state index contributed by atoms with van der Waals surface area (Å²) in [5, 5.41) is 12.9. The zero-order chi connectivity index (χ0) is 28.2. The van der Waals surface area contributed by atoms with Crippen LogP contribution < -0.4 is 26.6 Å². The molecule has 10 heteroatoms. The summed E-state index contributed by atoms with van der Waals surface area (Å²) in [5.74, 6) is -1.41. The predicted molar refractivity (Wildman–Crippen MR) is 147 cm³/mol. The second-order valence-corrected chi connectivity index (χ2v) is 9.78. The van der Waals surface area contributed by atoms with Crippen molar-refractivity contribution in [3.63, 3.8) is 0 Å². The van der Waals surface area contributed by atoms with Gasteiger partial charge in [0.25, 0.3) is 0 Å². The van der Waals surface area contributed by atoms with E-state index in [9.17, 15) is 24.0 Å². The van der Waals surface area contributed by atoms with Crippen molar-refractivity contribution in [2.24, 2.45) is 5.92 Å². The van der Waals surface area contributed by atoms with Crippen LogP contribution in [0.1, 0.15) is 71.3 Å². The summed E-state index contributed by atoms with van der Waals surface area (Å²) < 4.78 is 0. The van der Waals surface area contributed by atoms with Gasteiger partial charge in [0.2, 0.25) is 29.5 Å². The summed E-state index contributed by atoms with van der Waals surface area (Å²) in [6.07, 6.45) is 6.33. The van der Waals surface area contributed by atoms with Crippen molar-refractivity contribution in [1.82, 2.24) is 26.6 Å². The molecule has 0 bridgehead atoms. The fraction of sp³-hybridized carbons (Fsp3) is 0.607. The highest BCUT2D eigenvalue weighted by molar-refractivity contribution is 5.92. The topological polar surface area (TPSA) is 146 Å². The fourth-order valence-electron chi connectivity index (χ4n) is 3.59. The Labute approximate surface area is 226 Å². The monoisotopic (exact) mass is 531 g/mol. The standard InChI is InChI=1S/C28H45N5O5/c1-4-5-16-29-25(35)19-32-28(38)23(17-22-13-9-7-10-14-22)33-27(37)20-31-26(36)18-30-24(34)15-11-6-8-12-21(2)3/h7,9-10,13-14,21,23H,4-6,8,11-12,15-20H2,1-3H3,(H,29,35)(H,30,34)(H,31,36)(H,32,38)(H,33,37). The summed E-state index contributed by atoms with van der Waals surface area (Å²) in [7, 11) is 0. The Morgan fingerprint density at radius 2 is 1.34 bits per heavy atom. The summed E-state index contributed by atoms with van der Waals surface area (Å²) in [6, 6.07) is 8.23. The highest BCUT2D eigenvalue weighted by atomic mass is 16.2. The molecule has 0 radical (unpaired) electrons. The first-order chi connectivity index (χ1) is 18.2. The van der Waals surface area contributed by atoms with Crippen LogP contribution in [0, 0.1) is 5.92 Å². The lowest BCUT2D eigenvalue weighted by Gasteiger charge is -2.19. The molecule has 0 aliphatic heterocycles. The smallest absolute Gasteiger partial charge is 0.243 e. The maximum Gasteiger partial charge on any atom is 0.243 e. The lowest BCUT2D eigenvalue weighted by atomic mass is 10.0. The third kappa shape index (κ3) is 16.3. The summed E-state index contributed by atoms with van der Waals surface area (Å²) in [6.45, 7) is 6.12. The van der Waals surface area contributed by atoms with Crippen molar-refractivity contribution < 1.29 is 24.0 Å². The van der Waals surface area contributed by atoms with Crippen molar-refractivity contribution in [2.75, 3.05) is 26.2 Å². The van der Waals surface area contributed by atoms with E-state index in [2.05, 4.69) is 40.4 Å². The Kier molecular flexibility index (Phi) is 16.9. The average molecular weight is 532 g/mol. The van der Waals surface area contributed by atoms with Crippen LogP contribution in [0.2, 0.25) is 0 Å². The van der Waals surface area contributed by atoms with Gasteiger partial charge in [-0.15, -0.1) is 0 Å². The van der Waals surface area contributed by atoms with Gasteiger partial charge in [0, 0.05) is 19.4 Å². The fourth-order valence-corrected chi connectivity index (χ4v) is 3.59. The first-order valence-electron chi connectivity index (χ1n) is 13.6. The first kappa shape index (κ1) is 32.6. The van der Waals surface area contributed by atoms with Crippen LogP contribution in [-0.4, -0.2) is 61.8 Å². The molecule has 0 aliphatic carbocycles. The minimum Gasteiger partial charge on any atom is -0.355 e. The third-order valence-electron chi connectivity index (χ3n) is 5.79. The lowest BCUT2D eigenvalue weighted by Crippen LogP contribution is -2.52. The van der Waals surface area contributed by atoms with Gasteiger partial charge in [-0.3, -0.25) is 24.0 Å². The van der Waals surface area contributed by atoms with Gasteiger partial charge in [-0.1, -0.05) is 76.8 Å². The van der Waals surface area contributed by atoms with Crippen molar-refractivity contribution >= 4 is 29.5 Å². The Hall–Kier alpha value is -3.43. The van der Waals surface area contributed by atoms with Crippen molar-refractivity contribution in [1.29, 1.82) is 0 Å². The molecule has 0 spiro atoms. The number of unbranched alkanes of at least 4 members (excludes halogenated alkanes) is 3. The number of hydrogen-bond acceptors (Lipinski definition) is 5. The molecule has 0 heterocycles. The van der Waals surface area contributed by atoms with Crippen molar-refractivity contribution in [3.05, 3.63) is 35.9 Å². The molecule has 1 unspecified atom stereocenters. The molecule has 1 aromatic carbocycles. The Balaban J connectivity index is 2.46. The molecule has 0 saturated heterocycles. The van der Waals surface area contributed by atoms with E-state index >= 15 is 0 Å². The zero-order valence-corrected chi connectivity index (χ0v) is 23.1. The minimum absolute atomic E-state index is 0.197. The van der Waals surface area contributed by atoms with E-state index in [1.165, 1.54) is 0 Å². The number of hydrogen-bond donors (Lipinski definition) is 5. The van der Waals surface area contributed by atoms with E-state index in [4.69, 9.17) is 0 Å². The SMILES string of the molecule is CCCCNC(=O)CNC(=O)C(Cc1ccccc1)NC(=O)CNC(=O)CNC(=O)CCCCCC(C)C. The maximum atomic E-state index is 12.8. The second-order valence-electron chi connectivity index (χ2n) is 9.78. The molecule has 1 rings (SSSR count). The van der Waals surface area contributed by atoms with Crippen LogP contribution in [0.25, 0.3) is 0 Å². The first-order valence-corrected chi connectivity index (χ1v) is 13.6. The number of nitrogens with one attached hydrogen (secondary N) is 5. The van der Waals surface area contributed by atoms with Gasteiger partial charge in [0.15, 0.2) is 0 Å². The van der Waals surface area contributed by atoms with Gasteiger partial charge < -0.3 is 26.6 Å². The van der Waals surface area contributed by atoms with E-state index in [0.717, 1.165) is 44.1 Å². The minimum atomic E-state index is -0.930. The Bertz CT molecular complexity index is 876. The molecule has 0 aliphatic rings. The van der Waals surface area contributed by atoms with Crippen molar-refractivity contribution in [2.45, 2.75) is 78.2 Å². The molecular formula is C28H45N5O5. The van der Waals surface area contributed by atoms with E-state index in [1.54, 1.807) is 0 Å². The maximum absolute atomic E-state index is 12.8. The average Bonchev–Trinajstić information content (AvgIpc) is 2.89. The molecule has 5 N–H and O–H groups in total. The second kappa shape index (κ2) is 19.7. The molecule has 1 aromatic rings. The summed E-state index contributed by atoms with van der Waals surface area (Å²) in [4.78, 5) is 61.2. The molecule has 0 aromatic heterocycles. The van der Waals surface area contributed by atoms with Gasteiger partial charge in [-0.2, -0.15) is 0 Å². The zero-order valence-electron chi connectivity index (χ0n) is 23.1. The number of amides is 5. The predicted octanol–water partition coefficient (Wildman–Crippen LogP) is 1.59. The van der Waals surface area contributed by atoms with Gasteiger partial charge in [0.05, 0.1) is 19.6 Å². The normalized spacial score (nSPS) is 11.4. The van der Waals surface area contributed by atoms with E-state index in [1.807, 2.05) is 37.3 Å². The van der Waals surface area contributed by atoms with Gasteiger partial charge >= 0.3 is 0 Å². The van der Waals surface area contributed by atoms with Crippen LogP contribution in [0.4, 0.5) is 0 Å². The largest absolute Gasteiger partial charge is 0.355 e. The van der Waals surface area contributed by atoms with E-state index in [0.29, 0.717) is 18.9 Å². The summed E-state index contributed by atoms with van der Waals surface area (Å²) in [5.41, 5.74) is 0.830. The van der Waals surface area contributed by atoms with Gasteiger partial charge in [0.1, 0.15) is 6.04 Å². The van der Waals surface area contributed by atoms with Crippen LogP contribution in [-0.2, 0) is 30.4 Å². The Morgan fingerprint density at radius 1 is 0.711 bits per heavy atom. The van der Waals surface area contributed by atoms with E-state index < -0.39 is 23.8 Å². The highest BCUT2D eigenvalue weighted by Gasteiger charge is 2.22. The Morgan fingerprint density at radius 3 is 2.03 bits per heavy atom. The third-order valence-corrected chi connectivity index (χ3v) is 5.79. The van der Waals surface area contributed by atoms with Crippen LogP contribution in [0.3, 0.4) is 0 Å². The number of rotatable bonds is 19. The quantitative estimate of drug-likeness (QED) is 0.172. The molecular weight excluding hydrogens is 486 g/mol. The van der Waals surface area contributed by atoms with Crippen molar-refractivity contribution in [3.8, 4) is 0 Å². The summed E-state index contributed by atoms with van der Waals surface area (Å²) >= 11 is 0. The molecule has 212 valence electrons. The van der Waals surface area contributed by atoms with E-state index in [-0.39, 0.29) is 37.9 Å². The molecule has 38 heavy (non-hydrogen) atoms. The number of carbonyl (C=O) groups is 5. The van der Waals surface area contributed by atoms with Gasteiger partial charge in [-0.05, 0) is 24.3 Å². The van der Waals surface area contributed by atoms with Crippen LogP contribution in [0.5, 0.6) is 0 Å². The van der Waals surface area contributed by atoms with Gasteiger partial charge in [-0.25, -0.2) is 0 Å². The molecule has 10 nitrogen and oxygen atoms in total. The number of benzene rings is 1. The highest BCUT2D eigenvalue weighted by Crippen LogP contribution is 2.09. The van der Waals surface area contributed by atoms with Crippen LogP contribution >= 0.6 is 0 Å².